The van der Waals surface area contributed by atoms with Gasteiger partial charge >= 0.3 is 12.0 Å². The summed E-state index contributed by atoms with van der Waals surface area (Å²) < 4.78 is 7.63. The number of anilines is 1. The van der Waals surface area contributed by atoms with E-state index in [-0.39, 0.29) is 23.2 Å². The summed E-state index contributed by atoms with van der Waals surface area (Å²) in [5, 5.41) is 22.1. The molecule has 1 fully saturated rings. The van der Waals surface area contributed by atoms with E-state index in [1.165, 1.54) is 23.8 Å². The Kier molecular flexibility index (Phi) is 5.86. The number of nitrogens with one attached hydrogen (secondary N) is 1. The van der Waals surface area contributed by atoms with Crippen LogP contribution >= 0.6 is 23.1 Å². The molecule has 0 aliphatic carbocycles. The Morgan fingerprint density at radius 2 is 2.29 bits per heavy atom. The van der Waals surface area contributed by atoms with E-state index < -0.39 is 29.2 Å². The van der Waals surface area contributed by atoms with E-state index in [0.717, 1.165) is 10.1 Å². The number of carbonyl (C=O) groups excluding carboxylic acids is 2. The van der Waals surface area contributed by atoms with E-state index >= 15 is 0 Å². The summed E-state index contributed by atoms with van der Waals surface area (Å²) in [6.07, 6.45) is 3.83. The second-order valence-electron chi connectivity index (χ2n) is 7.55. The molecule has 4 N–H and O–H groups in total. The first-order valence-corrected chi connectivity index (χ1v) is 12.1. The van der Waals surface area contributed by atoms with Crippen LogP contribution in [-0.4, -0.2) is 67.9 Å². The number of carboxylic acids is 1. The lowest BCUT2D eigenvalue weighted by Crippen LogP contribution is -2.71. The molecule has 2 aliphatic heterocycles. The number of fused-ring (bicyclic) bond motifs is 2. The molecule has 0 radical (unpaired) electrons. The number of hydrogen-bond donors (Lipinski definition) is 3. The van der Waals surface area contributed by atoms with Gasteiger partial charge < -0.3 is 25.5 Å². The minimum atomic E-state index is -1.20. The first-order chi connectivity index (χ1) is 16.9. The zero-order valence-electron chi connectivity index (χ0n) is 18.1. The SMILES string of the molecule is CO/N=C(\C(=O)NC1C(=O)N2C(C(=O)O)=C(C[n+]3ccc4ccsc4c3)CS[C@H]12)c1noc(N)n1. The van der Waals surface area contributed by atoms with Crippen molar-refractivity contribution >= 4 is 62.7 Å². The predicted octanol–water partition coefficient (Wildman–Crippen LogP) is -0.0567. The zero-order chi connectivity index (χ0) is 24.7. The molecule has 35 heavy (non-hydrogen) atoms. The number of nitrogens with zero attached hydrogens (tertiary/aromatic N) is 5. The normalized spacial score (nSPS) is 20.0. The molecule has 1 unspecified atom stereocenters. The molecule has 2 aliphatic rings. The largest absolute Gasteiger partial charge is 0.477 e. The summed E-state index contributed by atoms with van der Waals surface area (Å²) in [5.41, 5.74) is 5.59. The summed E-state index contributed by atoms with van der Waals surface area (Å²) in [7, 11) is 1.23. The average molecular weight is 517 g/mol. The van der Waals surface area contributed by atoms with Gasteiger partial charge in [-0.05, 0) is 11.4 Å². The van der Waals surface area contributed by atoms with Gasteiger partial charge in [-0.3, -0.25) is 14.5 Å². The fourth-order valence-electron chi connectivity index (χ4n) is 3.88. The second-order valence-corrected chi connectivity index (χ2v) is 9.61. The van der Waals surface area contributed by atoms with Crippen LogP contribution in [0.1, 0.15) is 5.82 Å². The standard InChI is InChI=1S/C20H17N7O6S2/c1-32-24-12(15-23-20(21)33-25-15)16(28)22-13-17(29)27-14(19(30)31)10(8-35-18(13)27)6-26-4-2-9-3-5-34-11(9)7-26/h2-5,7,13,18H,6,8H2,1H3,(H3-,21,22,23,25,28,30,31)/p+1/b24-12-/t13?,18-/m1/s1. The lowest BCUT2D eigenvalue weighted by molar-refractivity contribution is -0.687. The van der Waals surface area contributed by atoms with Gasteiger partial charge in [0.05, 0.1) is 4.70 Å². The molecule has 1 saturated heterocycles. The molecular formula is C20H18N7O6S2+. The number of thioether (sulfide) groups is 1. The Balaban J connectivity index is 1.36. The number of nitrogens with two attached hydrogens (primary N) is 1. The molecule has 0 bridgehead atoms. The highest BCUT2D eigenvalue weighted by molar-refractivity contribution is 8.00. The monoisotopic (exact) mass is 516 g/mol. The molecule has 3 aromatic heterocycles. The van der Waals surface area contributed by atoms with E-state index in [1.54, 1.807) is 11.3 Å². The molecule has 3 aromatic rings. The molecule has 2 atom stereocenters. The van der Waals surface area contributed by atoms with Crippen LogP contribution in [0.4, 0.5) is 6.01 Å². The summed E-state index contributed by atoms with van der Waals surface area (Å²) in [5.74, 6) is -2.38. The molecule has 180 valence electrons. The number of pyridine rings is 1. The predicted molar refractivity (Wildman–Crippen MR) is 124 cm³/mol. The van der Waals surface area contributed by atoms with Gasteiger partial charge in [0.15, 0.2) is 18.9 Å². The van der Waals surface area contributed by atoms with Crippen LogP contribution in [0.15, 0.2) is 50.9 Å². The van der Waals surface area contributed by atoms with E-state index in [1.807, 2.05) is 34.5 Å². The smallest absolute Gasteiger partial charge is 0.352 e. The minimum absolute atomic E-state index is 0.0697. The summed E-state index contributed by atoms with van der Waals surface area (Å²) in [4.78, 5) is 47.5. The van der Waals surface area contributed by atoms with Crippen molar-refractivity contribution in [3.05, 3.63) is 47.0 Å². The highest BCUT2D eigenvalue weighted by Gasteiger charge is 2.55. The Morgan fingerprint density at radius 3 is 3.00 bits per heavy atom. The third kappa shape index (κ3) is 4.08. The van der Waals surface area contributed by atoms with Gasteiger partial charge in [0, 0.05) is 22.8 Å². The van der Waals surface area contributed by atoms with Crippen LogP contribution in [0, 0.1) is 0 Å². The maximum Gasteiger partial charge on any atom is 0.352 e. The fourth-order valence-corrected chi connectivity index (χ4v) is 6.05. The van der Waals surface area contributed by atoms with E-state index in [2.05, 4.69) is 30.0 Å². The molecule has 15 heteroatoms. The van der Waals surface area contributed by atoms with Crippen LogP contribution in [0.2, 0.25) is 0 Å². The summed E-state index contributed by atoms with van der Waals surface area (Å²) in [6.45, 7) is 0.319. The molecular weight excluding hydrogens is 498 g/mol. The van der Waals surface area contributed by atoms with E-state index in [9.17, 15) is 19.5 Å². The van der Waals surface area contributed by atoms with Crippen molar-refractivity contribution in [2.45, 2.75) is 18.0 Å². The van der Waals surface area contributed by atoms with Gasteiger partial charge in [0.25, 0.3) is 11.8 Å². The van der Waals surface area contributed by atoms with E-state index in [0.29, 0.717) is 17.9 Å². The van der Waals surface area contributed by atoms with Crippen LogP contribution < -0.4 is 15.6 Å². The first kappa shape index (κ1) is 22.8. The second kappa shape index (κ2) is 8.99. The van der Waals surface area contributed by atoms with E-state index in [4.69, 9.17) is 5.73 Å². The number of rotatable bonds is 7. The van der Waals surface area contributed by atoms with Crippen molar-refractivity contribution in [2.24, 2.45) is 5.16 Å². The molecule has 0 spiro atoms. The number of hydrogen-bond acceptors (Lipinski definition) is 11. The third-order valence-electron chi connectivity index (χ3n) is 5.42. The molecule has 0 saturated carbocycles. The van der Waals surface area contributed by atoms with Crippen molar-refractivity contribution in [2.75, 3.05) is 18.6 Å². The average Bonchev–Trinajstić information content (AvgIpc) is 3.48. The summed E-state index contributed by atoms with van der Waals surface area (Å²) in [6, 6.07) is 2.73. The Bertz CT molecular complexity index is 1410. The lowest BCUT2D eigenvalue weighted by atomic mass is 10.0. The Hall–Kier alpha value is -3.98. The van der Waals surface area contributed by atoms with Gasteiger partial charge in [-0.1, -0.05) is 10.3 Å². The number of carboxylic acid groups (broad SMARTS) is 1. The topological polar surface area (TPSA) is 177 Å². The highest BCUT2D eigenvalue weighted by Crippen LogP contribution is 2.40. The van der Waals surface area contributed by atoms with Crippen molar-refractivity contribution in [3.8, 4) is 0 Å². The Morgan fingerprint density at radius 1 is 1.46 bits per heavy atom. The number of carbonyl (C=O) groups is 3. The number of aromatic nitrogens is 3. The van der Waals surface area contributed by atoms with Gasteiger partial charge in [0.2, 0.25) is 11.5 Å². The maximum atomic E-state index is 13.0. The Labute approximate surface area is 205 Å². The minimum Gasteiger partial charge on any atom is -0.477 e. The van der Waals surface area contributed by atoms with Gasteiger partial charge in [-0.25, -0.2) is 4.79 Å². The lowest BCUT2D eigenvalue weighted by Gasteiger charge is -2.49. The van der Waals surface area contributed by atoms with Crippen LogP contribution in [0.5, 0.6) is 0 Å². The van der Waals surface area contributed by atoms with Crippen LogP contribution in [-0.2, 0) is 25.8 Å². The molecule has 0 aromatic carbocycles. The summed E-state index contributed by atoms with van der Waals surface area (Å²) >= 11 is 2.95. The van der Waals surface area contributed by atoms with Crippen molar-refractivity contribution in [1.82, 2.24) is 20.4 Å². The zero-order valence-corrected chi connectivity index (χ0v) is 19.7. The number of aliphatic carboxylic acids is 1. The van der Waals surface area contributed by atoms with Crippen molar-refractivity contribution < 1.29 is 33.4 Å². The van der Waals surface area contributed by atoms with Crippen molar-refractivity contribution in [3.63, 3.8) is 0 Å². The van der Waals surface area contributed by atoms with Crippen LogP contribution in [0.3, 0.4) is 0 Å². The van der Waals surface area contributed by atoms with Gasteiger partial charge in [-0.2, -0.15) is 9.55 Å². The molecule has 13 nitrogen and oxygen atoms in total. The van der Waals surface area contributed by atoms with Crippen LogP contribution in [0.25, 0.3) is 10.1 Å². The van der Waals surface area contributed by atoms with Gasteiger partial charge in [-0.15, -0.1) is 23.1 Å². The van der Waals surface area contributed by atoms with Crippen molar-refractivity contribution in [1.29, 1.82) is 0 Å². The molecule has 2 amide bonds. The molecule has 5 rings (SSSR count). The maximum absolute atomic E-state index is 13.0. The number of β-lactam (4-membered cyclic amide) rings is 1. The quantitative estimate of drug-likeness (QED) is 0.167. The number of nitrogen functional groups attached to an aromatic ring is 1. The fraction of sp³-hybridized carbons (Fsp3) is 0.250. The molecule has 5 heterocycles. The first-order valence-electron chi connectivity index (χ1n) is 10.1. The highest BCUT2D eigenvalue weighted by atomic mass is 32.2. The number of oxime groups is 1. The van der Waals surface area contributed by atoms with Gasteiger partial charge in [0.1, 0.15) is 24.2 Å². The number of thiophene rings is 1. The third-order valence-corrected chi connectivity index (χ3v) is 7.62. The number of amides is 2.